The molecule has 0 N–H and O–H groups in total. The molecule has 0 saturated carbocycles. The summed E-state index contributed by atoms with van der Waals surface area (Å²) >= 11 is 0. The molecule has 0 unspecified atom stereocenters. The van der Waals surface area contributed by atoms with E-state index in [4.69, 9.17) is 9.47 Å². The lowest BCUT2D eigenvalue weighted by Crippen LogP contribution is -2.12. The molecule has 3 rings (SSSR count). The second-order valence-electron chi connectivity index (χ2n) is 11.1. The normalized spacial score (nSPS) is 13.0. The molecule has 0 radical (unpaired) electrons. The van der Waals surface area contributed by atoms with Gasteiger partial charge in [-0.3, -0.25) is 0 Å². The van der Waals surface area contributed by atoms with Crippen LogP contribution in [-0.2, 0) is 12.8 Å². The van der Waals surface area contributed by atoms with Crippen molar-refractivity contribution in [2.24, 2.45) is 0 Å². The van der Waals surface area contributed by atoms with Crippen LogP contribution in [0.15, 0.2) is 35.9 Å². The average Bonchev–Trinajstić information content (AvgIpc) is 2.92. The largest absolute Gasteiger partial charge is 0.493 e. The molecular formula is C35H54O2. The lowest BCUT2D eigenvalue weighted by molar-refractivity contribution is 0.296. The lowest BCUT2D eigenvalue weighted by Gasteiger charge is -2.26. The van der Waals surface area contributed by atoms with Crippen LogP contribution < -0.4 is 9.47 Å². The van der Waals surface area contributed by atoms with Gasteiger partial charge in [-0.05, 0) is 38.5 Å². The zero-order valence-corrected chi connectivity index (χ0v) is 24.3. The lowest BCUT2D eigenvalue weighted by atomic mass is 9.85. The summed E-state index contributed by atoms with van der Waals surface area (Å²) in [6, 6.07) is 8.80. The maximum Gasteiger partial charge on any atom is 0.131 e. The van der Waals surface area contributed by atoms with Crippen LogP contribution in [-0.4, -0.2) is 13.2 Å². The molecule has 2 nitrogen and oxygen atoms in total. The minimum atomic E-state index is 0.813. The fraction of sp³-hybridized carbons (Fsp3) is 0.657. The molecule has 0 bridgehead atoms. The van der Waals surface area contributed by atoms with Gasteiger partial charge < -0.3 is 9.47 Å². The van der Waals surface area contributed by atoms with E-state index in [-0.39, 0.29) is 0 Å². The Balaban J connectivity index is 1.77. The van der Waals surface area contributed by atoms with E-state index in [0.717, 1.165) is 50.4 Å². The second-order valence-corrected chi connectivity index (χ2v) is 11.1. The molecule has 1 aliphatic carbocycles. The fourth-order valence-electron chi connectivity index (χ4n) is 5.66. The number of allylic oxidation sites excluding steroid dienone is 2. The van der Waals surface area contributed by atoms with Crippen LogP contribution in [0.2, 0.25) is 0 Å². The summed E-state index contributed by atoms with van der Waals surface area (Å²) in [5.41, 5.74) is 4.36. The van der Waals surface area contributed by atoms with Crippen molar-refractivity contribution in [1.29, 1.82) is 0 Å². The molecule has 2 aromatic carbocycles. The summed E-state index contributed by atoms with van der Waals surface area (Å²) in [7, 11) is 0. The third kappa shape index (κ3) is 9.38. The van der Waals surface area contributed by atoms with Gasteiger partial charge in [0.05, 0.1) is 13.2 Å². The molecule has 0 heterocycles. The molecule has 2 aromatic rings. The first-order valence-electron chi connectivity index (χ1n) is 15.8. The Morgan fingerprint density at radius 2 is 1.05 bits per heavy atom. The van der Waals surface area contributed by atoms with Crippen molar-refractivity contribution in [2.45, 2.75) is 136 Å². The average molecular weight is 507 g/mol. The highest BCUT2D eigenvalue weighted by Gasteiger charge is 2.24. The van der Waals surface area contributed by atoms with Crippen LogP contribution in [0.3, 0.4) is 0 Å². The molecule has 0 fully saturated rings. The summed E-state index contributed by atoms with van der Waals surface area (Å²) in [6.07, 6.45) is 25.1. The third-order valence-electron chi connectivity index (χ3n) is 7.92. The van der Waals surface area contributed by atoms with E-state index in [0.29, 0.717) is 0 Å². The monoisotopic (exact) mass is 506 g/mol. The van der Waals surface area contributed by atoms with E-state index in [1.165, 1.54) is 112 Å². The van der Waals surface area contributed by atoms with Crippen molar-refractivity contribution >= 4 is 10.8 Å². The molecule has 0 amide bonds. The first-order chi connectivity index (χ1) is 18.3. The molecule has 1 aliphatic rings. The zero-order chi connectivity index (χ0) is 26.1. The van der Waals surface area contributed by atoms with Crippen LogP contribution >= 0.6 is 0 Å². The third-order valence-corrected chi connectivity index (χ3v) is 7.92. The van der Waals surface area contributed by atoms with Crippen molar-refractivity contribution in [3.63, 3.8) is 0 Å². The standard InChI is InChI=1S/C35H54O2/c1-4-7-10-12-14-19-26-36-34-30-22-17-18-23-31(30)35(37-27-20-15-13-11-8-5-2)33-28-29(21-16-9-6-3)24-25-32(33)34/h17-18,22-24H,4-16,19-21,25-28H2,1-3H3. The number of benzene rings is 2. The Bertz CT molecular complexity index is 942. The number of ether oxygens (including phenoxy) is 2. The fourth-order valence-corrected chi connectivity index (χ4v) is 5.66. The zero-order valence-electron chi connectivity index (χ0n) is 24.3. The van der Waals surface area contributed by atoms with Crippen molar-refractivity contribution in [3.8, 4) is 11.5 Å². The van der Waals surface area contributed by atoms with Crippen LogP contribution in [0.25, 0.3) is 10.8 Å². The summed E-state index contributed by atoms with van der Waals surface area (Å²) < 4.78 is 13.3. The number of hydrogen-bond donors (Lipinski definition) is 0. The van der Waals surface area contributed by atoms with Gasteiger partial charge in [-0.15, -0.1) is 0 Å². The van der Waals surface area contributed by atoms with E-state index < -0.39 is 0 Å². The van der Waals surface area contributed by atoms with Crippen molar-refractivity contribution in [3.05, 3.63) is 47.0 Å². The van der Waals surface area contributed by atoms with E-state index >= 15 is 0 Å². The minimum Gasteiger partial charge on any atom is -0.493 e. The van der Waals surface area contributed by atoms with Crippen LogP contribution in [0.4, 0.5) is 0 Å². The van der Waals surface area contributed by atoms with E-state index in [9.17, 15) is 0 Å². The quantitative estimate of drug-likeness (QED) is 0.131. The van der Waals surface area contributed by atoms with Gasteiger partial charge in [0.25, 0.3) is 0 Å². The van der Waals surface area contributed by atoms with Gasteiger partial charge in [0.1, 0.15) is 11.5 Å². The van der Waals surface area contributed by atoms with Gasteiger partial charge in [0, 0.05) is 21.9 Å². The van der Waals surface area contributed by atoms with Gasteiger partial charge in [0.15, 0.2) is 0 Å². The number of hydrogen-bond acceptors (Lipinski definition) is 2. The highest BCUT2D eigenvalue weighted by Crippen LogP contribution is 2.44. The molecule has 0 saturated heterocycles. The minimum absolute atomic E-state index is 0.813. The van der Waals surface area contributed by atoms with Crippen molar-refractivity contribution < 1.29 is 9.47 Å². The van der Waals surface area contributed by atoms with Crippen molar-refractivity contribution in [1.82, 2.24) is 0 Å². The smallest absolute Gasteiger partial charge is 0.131 e. The highest BCUT2D eigenvalue weighted by atomic mass is 16.5. The Kier molecular flexibility index (Phi) is 14.0. The van der Waals surface area contributed by atoms with Gasteiger partial charge in [-0.1, -0.05) is 134 Å². The summed E-state index contributed by atoms with van der Waals surface area (Å²) in [5.74, 6) is 2.25. The molecule has 0 aromatic heterocycles. The molecule has 206 valence electrons. The molecule has 37 heavy (non-hydrogen) atoms. The van der Waals surface area contributed by atoms with E-state index in [1.807, 2.05) is 0 Å². The Labute approximate surface area is 228 Å². The molecule has 0 atom stereocenters. The molecule has 2 heteroatoms. The van der Waals surface area contributed by atoms with Crippen LogP contribution in [0.5, 0.6) is 11.5 Å². The summed E-state index contributed by atoms with van der Waals surface area (Å²) in [6.45, 7) is 8.48. The summed E-state index contributed by atoms with van der Waals surface area (Å²) in [4.78, 5) is 0. The Morgan fingerprint density at radius 1 is 0.568 bits per heavy atom. The SMILES string of the molecule is CCCCCCCCOc1c2c(c(OCCCCCCCC)c3ccccc13)CC(CCCCC)=CC2. The molecular weight excluding hydrogens is 452 g/mol. The molecule has 0 spiro atoms. The van der Waals surface area contributed by atoms with Gasteiger partial charge >= 0.3 is 0 Å². The first-order valence-corrected chi connectivity index (χ1v) is 15.8. The highest BCUT2D eigenvalue weighted by molar-refractivity contribution is 5.96. The number of fused-ring (bicyclic) bond motifs is 2. The summed E-state index contributed by atoms with van der Waals surface area (Å²) in [5, 5.41) is 2.47. The predicted octanol–water partition coefficient (Wildman–Crippen LogP) is 10.9. The molecule has 0 aliphatic heterocycles. The van der Waals surface area contributed by atoms with E-state index in [2.05, 4.69) is 51.1 Å². The van der Waals surface area contributed by atoms with Crippen LogP contribution in [0, 0.1) is 0 Å². The van der Waals surface area contributed by atoms with Gasteiger partial charge in [-0.25, -0.2) is 0 Å². The maximum atomic E-state index is 6.65. The predicted molar refractivity (Wildman–Crippen MR) is 161 cm³/mol. The van der Waals surface area contributed by atoms with Crippen LogP contribution in [0.1, 0.15) is 135 Å². The number of unbranched alkanes of at least 4 members (excludes halogenated alkanes) is 12. The Morgan fingerprint density at radius 3 is 1.62 bits per heavy atom. The van der Waals surface area contributed by atoms with E-state index in [1.54, 1.807) is 5.57 Å². The second kappa shape index (κ2) is 17.5. The Hall–Kier alpha value is -1.96. The van der Waals surface area contributed by atoms with Gasteiger partial charge in [-0.2, -0.15) is 0 Å². The maximum absolute atomic E-state index is 6.65. The van der Waals surface area contributed by atoms with Crippen molar-refractivity contribution in [2.75, 3.05) is 13.2 Å². The topological polar surface area (TPSA) is 18.5 Å². The van der Waals surface area contributed by atoms with Gasteiger partial charge in [0.2, 0.25) is 0 Å². The number of rotatable bonds is 20. The first kappa shape index (κ1) is 29.6.